The van der Waals surface area contributed by atoms with Crippen LogP contribution in [0.25, 0.3) is 0 Å². The number of nitrogens with zero attached hydrogens (tertiary/aromatic N) is 2. The summed E-state index contributed by atoms with van der Waals surface area (Å²) in [5, 5.41) is 0. The predicted octanol–water partition coefficient (Wildman–Crippen LogP) is -0.476. The fraction of sp³-hybridized carbons (Fsp3) is 0.667. The molecule has 3 amide bonds. The fourth-order valence-electron chi connectivity index (χ4n) is 1.32. The summed E-state index contributed by atoms with van der Waals surface area (Å²) in [5.74, 6) is -1.35. The summed E-state index contributed by atoms with van der Waals surface area (Å²) in [6.07, 6.45) is 3.30. The summed E-state index contributed by atoms with van der Waals surface area (Å²) >= 11 is 0. The SMILES string of the molecule is CCCCN1CCN([C]=O)C(=O)C1=O. The molecule has 1 aliphatic rings. The summed E-state index contributed by atoms with van der Waals surface area (Å²) in [4.78, 5) is 35.1. The third-order valence-corrected chi connectivity index (χ3v) is 2.20. The number of amides is 3. The van der Waals surface area contributed by atoms with Crippen LogP contribution in [0.5, 0.6) is 0 Å². The molecule has 0 aromatic heterocycles. The van der Waals surface area contributed by atoms with E-state index in [9.17, 15) is 14.4 Å². The molecular formula is C9H13N2O3. The average Bonchev–Trinajstić information content (AvgIpc) is 2.20. The molecule has 0 atom stereocenters. The first kappa shape index (κ1) is 10.7. The normalized spacial score (nSPS) is 17.5. The molecule has 1 saturated heterocycles. The number of carbonyl (C=O) groups is 2. The number of unbranched alkanes of at least 4 members (excludes halogenated alkanes) is 1. The van der Waals surface area contributed by atoms with Crippen LogP contribution in [0.2, 0.25) is 0 Å². The lowest BCUT2D eigenvalue weighted by Gasteiger charge is -2.29. The lowest BCUT2D eigenvalue weighted by molar-refractivity contribution is -0.153. The second kappa shape index (κ2) is 4.74. The van der Waals surface area contributed by atoms with Crippen molar-refractivity contribution in [3.8, 4) is 0 Å². The van der Waals surface area contributed by atoms with Gasteiger partial charge >= 0.3 is 18.2 Å². The Hall–Kier alpha value is -1.39. The van der Waals surface area contributed by atoms with Crippen molar-refractivity contribution in [3.63, 3.8) is 0 Å². The van der Waals surface area contributed by atoms with E-state index in [0.29, 0.717) is 13.1 Å². The molecular weight excluding hydrogens is 184 g/mol. The van der Waals surface area contributed by atoms with Gasteiger partial charge in [0.2, 0.25) is 0 Å². The van der Waals surface area contributed by atoms with E-state index in [1.807, 2.05) is 6.92 Å². The molecule has 1 rings (SSSR count). The van der Waals surface area contributed by atoms with E-state index < -0.39 is 11.8 Å². The molecule has 1 heterocycles. The Kier molecular flexibility index (Phi) is 3.62. The van der Waals surface area contributed by atoms with E-state index in [1.165, 1.54) is 11.3 Å². The number of imide groups is 1. The summed E-state index contributed by atoms with van der Waals surface area (Å²) < 4.78 is 0. The van der Waals surface area contributed by atoms with Crippen LogP contribution in [0, 0.1) is 0 Å². The number of hydrogen-bond acceptors (Lipinski definition) is 3. The van der Waals surface area contributed by atoms with Gasteiger partial charge in [0.1, 0.15) is 0 Å². The smallest absolute Gasteiger partial charge is 0.319 e. The van der Waals surface area contributed by atoms with Crippen molar-refractivity contribution in [2.24, 2.45) is 0 Å². The third-order valence-electron chi connectivity index (χ3n) is 2.20. The molecule has 1 aliphatic heterocycles. The predicted molar refractivity (Wildman–Crippen MR) is 48.9 cm³/mol. The third kappa shape index (κ3) is 2.10. The summed E-state index contributed by atoms with van der Waals surface area (Å²) in [6, 6.07) is 0. The first-order valence-corrected chi connectivity index (χ1v) is 4.69. The number of rotatable bonds is 4. The van der Waals surface area contributed by atoms with E-state index >= 15 is 0 Å². The zero-order valence-electron chi connectivity index (χ0n) is 8.15. The topological polar surface area (TPSA) is 57.7 Å². The molecule has 14 heavy (non-hydrogen) atoms. The minimum atomic E-state index is -0.762. The largest absolute Gasteiger partial charge is 0.333 e. The molecule has 5 nitrogen and oxygen atoms in total. The Labute approximate surface area is 82.7 Å². The van der Waals surface area contributed by atoms with Crippen molar-refractivity contribution in [1.82, 2.24) is 9.80 Å². The van der Waals surface area contributed by atoms with Crippen LogP contribution in [0.3, 0.4) is 0 Å². The molecule has 1 radical (unpaired) electrons. The summed E-state index contributed by atoms with van der Waals surface area (Å²) in [5.41, 5.74) is 0. The number of hydrogen-bond donors (Lipinski definition) is 0. The zero-order valence-corrected chi connectivity index (χ0v) is 8.15. The Balaban J connectivity index is 2.55. The van der Waals surface area contributed by atoms with Gasteiger partial charge in [0.15, 0.2) is 0 Å². The highest BCUT2D eigenvalue weighted by Crippen LogP contribution is 2.04. The number of piperazine rings is 1. The molecule has 0 unspecified atom stereocenters. The molecule has 1 fully saturated rings. The van der Waals surface area contributed by atoms with Gasteiger partial charge in [0.05, 0.1) is 0 Å². The monoisotopic (exact) mass is 197 g/mol. The maximum absolute atomic E-state index is 11.4. The second-order valence-corrected chi connectivity index (χ2v) is 3.19. The van der Waals surface area contributed by atoms with Gasteiger partial charge in [-0.1, -0.05) is 13.3 Å². The summed E-state index contributed by atoms with van der Waals surface area (Å²) in [6.45, 7) is 3.30. The van der Waals surface area contributed by atoms with Gasteiger partial charge in [-0.3, -0.25) is 19.3 Å². The molecule has 5 heteroatoms. The Morgan fingerprint density at radius 2 is 2.00 bits per heavy atom. The average molecular weight is 197 g/mol. The fourth-order valence-corrected chi connectivity index (χ4v) is 1.32. The van der Waals surface area contributed by atoms with Crippen molar-refractivity contribution >= 4 is 18.2 Å². The lowest BCUT2D eigenvalue weighted by Crippen LogP contribution is -2.53. The first-order chi connectivity index (χ1) is 6.70. The van der Waals surface area contributed by atoms with Crippen molar-refractivity contribution < 1.29 is 14.4 Å². The van der Waals surface area contributed by atoms with Crippen molar-refractivity contribution in [2.75, 3.05) is 19.6 Å². The molecule has 77 valence electrons. The Bertz CT molecular complexity index is 252. The highest BCUT2D eigenvalue weighted by molar-refractivity contribution is 6.37. The van der Waals surface area contributed by atoms with Crippen LogP contribution in [-0.2, 0) is 14.4 Å². The maximum Gasteiger partial charge on any atom is 0.319 e. The van der Waals surface area contributed by atoms with Crippen molar-refractivity contribution in [1.29, 1.82) is 0 Å². The van der Waals surface area contributed by atoms with Gasteiger partial charge in [0.25, 0.3) is 0 Å². The van der Waals surface area contributed by atoms with E-state index in [2.05, 4.69) is 0 Å². The number of carbonyl (C=O) groups excluding carboxylic acids is 3. The molecule has 0 N–H and O–H groups in total. The van der Waals surface area contributed by atoms with Gasteiger partial charge in [-0.15, -0.1) is 0 Å². The molecule has 0 saturated carbocycles. The molecule has 0 spiro atoms. The molecule has 0 aliphatic carbocycles. The quantitative estimate of drug-likeness (QED) is 0.572. The Morgan fingerprint density at radius 1 is 1.29 bits per heavy atom. The standard InChI is InChI=1S/C9H13N2O3/c1-2-3-4-10-5-6-11(7-12)9(14)8(10)13/h2-6H2,1H3. The van der Waals surface area contributed by atoms with Crippen molar-refractivity contribution in [3.05, 3.63) is 0 Å². The van der Waals surface area contributed by atoms with Crippen LogP contribution in [0.15, 0.2) is 0 Å². The first-order valence-electron chi connectivity index (χ1n) is 4.69. The van der Waals surface area contributed by atoms with Crippen molar-refractivity contribution in [2.45, 2.75) is 19.8 Å². The van der Waals surface area contributed by atoms with E-state index in [4.69, 9.17) is 0 Å². The second-order valence-electron chi connectivity index (χ2n) is 3.19. The van der Waals surface area contributed by atoms with Crippen LogP contribution in [-0.4, -0.2) is 47.7 Å². The maximum atomic E-state index is 11.4. The van der Waals surface area contributed by atoms with E-state index in [-0.39, 0.29) is 6.54 Å². The van der Waals surface area contributed by atoms with Gasteiger partial charge in [-0.2, -0.15) is 0 Å². The van der Waals surface area contributed by atoms with Gasteiger partial charge in [-0.05, 0) is 6.42 Å². The highest BCUT2D eigenvalue weighted by atomic mass is 16.2. The zero-order chi connectivity index (χ0) is 10.6. The van der Waals surface area contributed by atoms with Crippen LogP contribution in [0.1, 0.15) is 19.8 Å². The molecule has 0 bridgehead atoms. The van der Waals surface area contributed by atoms with Crippen LogP contribution in [0.4, 0.5) is 0 Å². The van der Waals surface area contributed by atoms with Crippen LogP contribution >= 0.6 is 0 Å². The van der Waals surface area contributed by atoms with Crippen LogP contribution < -0.4 is 0 Å². The minimum absolute atomic E-state index is 0.262. The Morgan fingerprint density at radius 3 is 2.57 bits per heavy atom. The minimum Gasteiger partial charge on any atom is -0.333 e. The van der Waals surface area contributed by atoms with Gasteiger partial charge < -0.3 is 4.90 Å². The highest BCUT2D eigenvalue weighted by Gasteiger charge is 2.32. The van der Waals surface area contributed by atoms with E-state index in [1.54, 1.807) is 0 Å². The summed E-state index contributed by atoms with van der Waals surface area (Å²) in [7, 11) is 0. The lowest BCUT2D eigenvalue weighted by atomic mass is 10.2. The molecule has 0 aromatic carbocycles. The van der Waals surface area contributed by atoms with Gasteiger partial charge in [-0.25, -0.2) is 0 Å². The van der Waals surface area contributed by atoms with Gasteiger partial charge in [0, 0.05) is 19.6 Å². The molecule has 0 aromatic rings. The van der Waals surface area contributed by atoms with E-state index in [0.717, 1.165) is 17.7 Å².